The molecule has 2 unspecified atom stereocenters. The van der Waals surface area contributed by atoms with Gasteiger partial charge in [-0.05, 0) is 25.8 Å². The topological polar surface area (TPSA) is 64.4 Å². The second kappa shape index (κ2) is 5.86. The number of carbonyl (C=O) groups is 2. The number of piperidine rings is 1. The van der Waals surface area contributed by atoms with Crippen molar-refractivity contribution < 1.29 is 14.3 Å². The molecule has 1 amide bonds. The summed E-state index contributed by atoms with van der Waals surface area (Å²) in [7, 11) is 1.38. The maximum absolute atomic E-state index is 12.4. The van der Waals surface area contributed by atoms with E-state index in [2.05, 4.69) is 5.10 Å². The van der Waals surface area contributed by atoms with E-state index in [9.17, 15) is 9.59 Å². The van der Waals surface area contributed by atoms with E-state index in [0.717, 1.165) is 12.8 Å². The Labute approximate surface area is 112 Å². The number of amides is 1. The molecule has 1 fully saturated rings. The molecule has 2 heterocycles. The lowest BCUT2D eigenvalue weighted by atomic mass is 9.97. The molecule has 1 saturated heterocycles. The third-order valence-electron chi connectivity index (χ3n) is 3.55. The number of carbonyl (C=O) groups excluding carboxylic acids is 2. The van der Waals surface area contributed by atoms with Crippen molar-refractivity contribution in [1.29, 1.82) is 0 Å². The maximum atomic E-state index is 12.4. The lowest BCUT2D eigenvalue weighted by molar-refractivity contribution is -0.149. The van der Waals surface area contributed by atoms with Crippen LogP contribution < -0.4 is 0 Å². The highest BCUT2D eigenvalue weighted by Gasteiger charge is 2.31. The minimum atomic E-state index is -0.341. The van der Waals surface area contributed by atoms with E-state index < -0.39 is 0 Å². The first-order valence-electron chi connectivity index (χ1n) is 6.49. The molecule has 0 bridgehead atoms. The van der Waals surface area contributed by atoms with E-state index in [4.69, 9.17) is 4.74 Å². The third-order valence-corrected chi connectivity index (χ3v) is 3.55. The van der Waals surface area contributed by atoms with Gasteiger partial charge >= 0.3 is 5.97 Å². The van der Waals surface area contributed by atoms with Gasteiger partial charge in [0.15, 0.2) is 0 Å². The van der Waals surface area contributed by atoms with Crippen molar-refractivity contribution in [3.63, 3.8) is 0 Å². The minimum absolute atomic E-state index is 0.00250. The summed E-state index contributed by atoms with van der Waals surface area (Å²) in [6.07, 6.45) is 5.03. The first-order valence-corrected chi connectivity index (χ1v) is 6.49. The van der Waals surface area contributed by atoms with Gasteiger partial charge in [-0.1, -0.05) is 0 Å². The second-order valence-corrected chi connectivity index (χ2v) is 4.81. The molecule has 6 heteroatoms. The highest BCUT2D eigenvalue weighted by atomic mass is 16.5. The Kier molecular flexibility index (Phi) is 4.19. The quantitative estimate of drug-likeness (QED) is 0.760. The van der Waals surface area contributed by atoms with Crippen molar-refractivity contribution in [2.75, 3.05) is 20.2 Å². The van der Waals surface area contributed by atoms with Gasteiger partial charge in [0.1, 0.15) is 6.04 Å². The molecular formula is C13H19N3O3. The number of aromatic nitrogens is 2. The number of ether oxygens (including phenoxy) is 1. The highest BCUT2D eigenvalue weighted by molar-refractivity contribution is 5.81. The van der Waals surface area contributed by atoms with Crippen LogP contribution in [-0.4, -0.2) is 46.8 Å². The molecule has 1 aliphatic heterocycles. The van der Waals surface area contributed by atoms with Gasteiger partial charge in [-0.3, -0.25) is 14.3 Å². The lowest BCUT2D eigenvalue weighted by Crippen LogP contribution is -2.45. The highest BCUT2D eigenvalue weighted by Crippen LogP contribution is 2.20. The average Bonchev–Trinajstić information content (AvgIpc) is 2.99. The van der Waals surface area contributed by atoms with E-state index in [1.54, 1.807) is 28.0 Å². The van der Waals surface area contributed by atoms with E-state index in [1.165, 1.54) is 7.11 Å². The van der Waals surface area contributed by atoms with Crippen LogP contribution in [-0.2, 0) is 14.3 Å². The largest absolute Gasteiger partial charge is 0.469 e. The monoisotopic (exact) mass is 265 g/mol. The summed E-state index contributed by atoms with van der Waals surface area (Å²) in [4.78, 5) is 25.7. The number of rotatable bonds is 3. The first kappa shape index (κ1) is 13.6. The van der Waals surface area contributed by atoms with Crippen LogP contribution >= 0.6 is 0 Å². The molecule has 0 saturated carbocycles. The molecule has 1 aromatic heterocycles. The Bertz CT molecular complexity index is 444. The Morgan fingerprint density at radius 1 is 1.47 bits per heavy atom. The fraction of sp³-hybridized carbons (Fsp3) is 0.615. The molecular weight excluding hydrogens is 246 g/mol. The van der Waals surface area contributed by atoms with Gasteiger partial charge in [0.25, 0.3) is 0 Å². The van der Waals surface area contributed by atoms with Gasteiger partial charge < -0.3 is 9.64 Å². The number of esters is 1. The number of methoxy groups -OCH3 is 1. The van der Waals surface area contributed by atoms with Crippen LogP contribution in [0.25, 0.3) is 0 Å². The minimum Gasteiger partial charge on any atom is -0.469 e. The zero-order valence-electron chi connectivity index (χ0n) is 11.3. The molecule has 0 spiro atoms. The predicted octanol–water partition coefficient (Wildman–Crippen LogP) is 0.856. The van der Waals surface area contributed by atoms with Crippen LogP contribution in [0.2, 0.25) is 0 Å². The standard InChI is InChI=1S/C13H19N3O3/c1-10(16-8-4-6-14-16)12(17)15-7-3-5-11(9-15)13(18)19-2/h4,6,8,10-11H,3,5,7,9H2,1-2H3. The van der Waals surface area contributed by atoms with E-state index >= 15 is 0 Å². The van der Waals surface area contributed by atoms with Gasteiger partial charge in [-0.2, -0.15) is 5.10 Å². The van der Waals surface area contributed by atoms with Crippen LogP contribution in [0.5, 0.6) is 0 Å². The van der Waals surface area contributed by atoms with Crippen molar-refractivity contribution in [2.24, 2.45) is 5.92 Å². The summed E-state index contributed by atoms with van der Waals surface area (Å²) >= 11 is 0. The summed E-state index contributed by atoms with van der Waals surface area (Å²) in [5.74, 6) is -0.436. The average molecular weight is 265 g/mol. The van der Waals surface area contributed by atoms with Gasteiger partial charge in [0.05, 0.1) is 13.0 Å². The van der Waals surface area contributed by atoms with Crippen LogP contribution in [0.15, 0.2) is 18.5 Å². The zero-order chi connectivity index (χ0) is 13.8. The first-order chi connectivity index (χ1) is 9.13. The second-order valence-electron chi connectivity index (χ2n) is 4.81. The van der Waals surface area contributed by atoms with E-state index in [0.29, 0.717) is 13.1 Å². The molecule has 19 heavy (non-hydrogen) atoms. The number of likely N-dealkylation sites (tertiary alicyclic amines) is 1. The van der Waals surface area contributed by atoms with Gasteiger partial charge in [-0.25, -0.2) is 0 Å². The Morgan fingerprint density at radius 3 is 2.89 bits per heavy atom. The number of nitrogens with zero attached hydrogens (tertiary/aromatic N) is 3. The fourth-order valence-electron chi connectivity index (χ4n) is 2.42. The molecule has 6 nitrogen and oxygen atoms in total. The fourth-order valence-corrected chi connectivity index (χ4v) is 2.42. The van der Waals surface area contributed by atoms with Crippen molar-refractivity contribution >= 4 is 11.9 Å². The normalized spacial score (nSPS) is 20.9. The summed E-state index contributed by atoms with van der Waals surface area (Å²) in [5, 5.41) is 4.08. The van der Waals surface area contributed by atoms with Crippen LogP contribution in [0.1, 0.15) is 25.8 Å². The molecule has 0 N–H and O–H groups in total. The van der Waals surface area contributed by atoms with Crippen molar-refractivity contribution in [3.05, 3.63) is 18.5 Å². The zero-order valence-corrected chi connectivity index (χ0v) is 11.3. The van der Waals surface area contributed by atoms with Crippen molar-refractivity contribution in [1.82, 2.24) is 14.7 Å². The molecule has 0 radical (unpaired) electrons. The molecule has 1 aliphatic rings. The van der Waals surface area contributed by atoms with Crippen LogP contribution in [0.4, 0.5) is 0 Å². The lowest BCUT2D eigenvalue weighted by Gasteiger charge is -2.33. The molecule has 2 rings (SSSR count). The molecule has 2 atom stereocenters. The Morgan fingerprint density at radius 2 is 2.26 bits per heavy atom. The summed E-state index contributed by atoms with van der Waals surface area (Å²) < 4.78 is 6.39. The molecule has 0 aromatic carbocycles. The van der Waals surface area contributed by atoms with Crippen molar-refractivity contribution in [2.45, 2.75) is 25.8 Å². The van der Waals surface area contributed by atoms with Gasteiger partial charge in [0, 0.05) is 25.5 Å². The number of hydrogen-bond donors (Lipinski definition) is 0. The summed E-state index contributed by atoms with van der Waals surface area (Å²) in [5.41, 5.74) is 0. The van der Waals surface area contributed by atoms with Crippen LogP contribution in [0.3, 0.4) is 0 Å². The Hall–Kier alpha value is -1.85. The maximum Gasteiger partial charge on any atom is 0.310 e. The molecule has 104 valence electrons. The van der Waals surface area contributed by atoms with Gasteiger partial charge in [0.2, 0.25) is 5.91 Å². The predicted molar refractivity (Wildman–Crippen MR) is 68.3 cm³/mol. The summed E-state index contributed by atoms with van der Waals surface area (Å²) in [6, 6.07) is 1.45. The molecule has 1 aromatic rings. The molecule has 0 aliphatic carbocycles. The van der Waals surface area contributed by atoms with Gasteiger partial charge in [-0.15, -0.1) is 0 Å². The summed E-state index contributed by atoms with van der Waals surface area (Å²) in [6.45, 7) is 2.95. The Balaban J connectivity index is 2.01. The van der Waals surface area contributed by atoms with Crippen molar-refractivity contribution in [3.8, 4) is 0 Å². The number of hydrogen-bond acceptors (Lipinski definition) is 4. The third kappa shape index (κ3) is 2.94. The smallest absolute Gasteiger partial charge is 0.310 e. The van der Waals surface area contributed by atoms with Crippen LogP contribution in [0, 0.1) is 5.92 Å². The van der Waals surface area contributed by atoms with E-state index in [1.807, 2.05) is 6.92 Å². The SMILES string of the molecule is COC(=O)C1CCCN(C(=O)C(C)n2cccn2)C1. The van der Waals surface area contributed by atoms with E-state index in [-0.39, 0.29) is 23.8 Å².